The van der Waals surface area contributed by atoms with Gasteiger partial charge in [-0.25, -0.2) is 14.4 Å². The number of likely N-dealkylation sites (tertiary alicyclic amines) is 1. The van der Waals surface area contributed by atoms with Crippen LogP contribution in [-0.4, -0.2) is 68.0 Å². The largest absolute Gasteiger partial charge is 0.492 e. The molecule has 37 heavy (non-hydrogen) atoms. The van der Waals surface area contributed by atoms with Crippen LogP contribution >= 0.6 is 0 Å². The first kappa shape index (κ1) is 24.6. The Kier molecular flexibility index (Phi) is 7.52. The van der Waals surface area contributed by atoms with Crippen LogP contribution < -0.4 is 15.4 Å². The maximum Gasteiger partial charge on any atom is 0.246 e. The smallest absolute Gasteiger partial charge is 0.246 e. The SMILES string of the molecule is O=C(Cn1cc(Nc2ncnc3cc(OC[C@@H]4CCCN4CCO)ccc23)cn1)Nc1cccc(F)c1. The van der Waals surface area contributed by atoms with Gasteiger partial charge < -0.3 is 20.5 Å². The molecule has 1 atom stereocenters. The molecule has 11 heteroatoms. The van der Waals surface area contributed by atoms with Crippen LogP contribution in [0.1, 0.15) is 12.8 Å². The second-order valence-electron chi connectivity index (χ2n) is 8.88. The predicted molar refractivity (Wildman–Crippen MR) is 137 cm³/mol. The van der Waals surface area contributed by atoms with Crippen molar-refractivity contribution in [3.8, 4) is 5.75 Å². The summed E-state index contributed by atoms with van der Waals surface area (Å²) in [7, 11) is 0. The molecule has 2 aromatic carbocycles. The van der Waals surface area contributed by atoms with Crippen molar-refractivity contribution in [2.24, 2.45) is 0 Å². The topological polar surface area (TPSA) is 117 Å². The predicted octanol–water partition coefficient (Wildman–Crippen LogP) is 3.18. The second kappa shape index (κ2) is 11.3. The number of benzene rings is 2. The summed E-state index contributed by atoms with van der Waals surface area (Å²) < 4.78 is 20.9. The number of aliphatic hydroxyl groups excluding tert-OH is 1. The Morgan fingerprint density at radius 2 is 2.11 bits per heavy atom. The molecule has 0 bridgehead atoms. The van der Waals surface area contributed by atoms with Gasteiger partial charge in [0.15, 0.2) is 0 Å². The van der Waals surface area contributed by atoms with Gasteiger partial charge in [0.25, 0.3) is 0 Å². The molecular weight excluding hydrogens is 477 g/mol. The molecule has 10 nitrogen and oxygen atoms in total. The Morgan fingerprint density at radius 3 is 2.97 bits per heavy atom. The number of aromatic nitrogens is 4. The molecule has 3 N–H and O–H groups in total. The summed E-state index contributed by atoms with van der Waals surface area (Å²) in [5.41, 5.74) is 1.77. The van der Waals surface area contributed by atoms with Crippen LogP contribution in [0.5, 0.6) is 5.75 Å². The van der Waals surface area contributed by atoms with Crippen LogP contribution in [0, 0.1) is 5.82 Å². The summed E-state index contributed by atoms with van der Waals surface area (Å²) in [6.07, 6.45) is 6.94. The van der Waals surface area contributed by atoms with Gasteiger partial charge in [0.05, 0.1) is 24.0 Å². The highest BCUT2D eigenvalue weighted by Gasteiger charge is 2.24. The number of ether oxygens (including phenoxy) is 1. The van der Waals surface area contributed by atoms with E-state index < -0.39 is 5.82 Å². The number of hydrogen-bond acceptors (Lipinski definition) is 8. The average molecular weight is 506 g/mol. The van der Waals surface area contributed by atoms with Crippen molar-refractivity contribution >= 4 is 34.0 Å². The average Bonchev–Trinajstić information content (AvgIpc) is 3.52. The van der Waals surface area contributed by atoms with Gasteiger partial charge in [-0.3, -0.25) is 14.4 Å². The monoisotopic (exact) mass is 505 g/mol. The van der Waals surface area contributed by atoms with Crippen LogP contribution in [-0.2, 0) is 11.3 Å². The van der Waals surface area contributed by atoms with Crippen molar-refractivity contribution in [2.45, 2.75) is 25.4 Å². The normalized spacial score (nSPS) is 15.7. The minimum Gasteiger partial charge on any atom is -0.492 e. The van der Waals surface area contributed by atoms with Gasteiger partial charge in [0.1, 0.15) is 36.9 Å². The van der Waals surface area contributed by atoms with Crippen molar-refractivity contribution in [1.82, 2.24) is 24.6 Å². The van der Waals surface area contributed by atoms with E-state index >= 15 is 0 Å². The number of hydrogen-bond donors (Lipinski definition) is 3. The number of β-amino-alcohol motifs (C(OH)–C–C–N with tert-alkyl or cyclic N) is 1. The zero-order valence-corrected chi connectivity index (χ0v) is 20.2. The highest BCUT2D eigenvalue weighted by atomic mass is 19.1. The maximum atomic E-state index is 13.3. The number of nitrogens with one attached hydrogen (secondary N) is 2. The molecule has 0 unspecified atom stereocenters. The Hall–Kier alpha value is -4.09. The van der Waals surface area contributed by atoms with Crippen LogP contribution in [0.4, 0.5) is 21.6 Å². The van der Waals surface area contributed by atoms with Crippen molar-refractivity contribution in [1.29, 1.82) is 0 Å². The first-order valence-electron chi connectivity index (χ1n) is 12.1. The Bertz CT molecular complexity index is 1380. The molecule has 0 saturated carbocycles. The molecule has 0 radical (unpaired) electrons. The zero-order chi connectivity index (χ0) is 25.6. The van der Waals surface area contributed by atoms with Gasteiger partial charge in [0.2, 0.25) is 5.91 Å². The Balaban J connectivity index is 1.21. The van der Waals surface area contributed by atoms with Crippen LogP contribution in [0.2, 0.25) is 0 Å². The van der Waals surface area contributed by atoms with Crippen molar-refractivity contribution in [3.05, 3.63) is 67.0 Å². The minimum absolute atomic E-state index is 0.0276. The number of amides is 1. The van der Waals surface area contributed by atoms with E-state index in [1.54, 1.807) is 18.5 Å². The van der Waals surface area contributed by atoms with Gasteiger partial charge >= 0.3 is 0 Å². The number of aliphatic hydroxyl groups is 1. The maximum absolute atomic E-state index is 13.3. The molecule has 0 spiro atoms. The van der Waals surface area contributed by atoms with Crippen LogP contribution in [0.15, 0.2) is 61.2 Å². The summed E-state index contributed by atoms with van der Waals surface area (Å²) in [5, 5.41) is 20.2. The standard InChI is InChI=1S/C26H28FN7O3/c27-18-3-1-4-19(11-18)31-25(36)15-34-14-20(13-30-34)32-26-23-7-6-22(12-24(23)28-17-29-26)37-16-21-5-2-8-33(21)9-10-35/h1,3-4,6-7,11-14,17,21,35H,2,5,8-10,15-16H2,(H,31,36)(H,28,29,32)/t21-/m0/s1. The Morgan fingerprint density at radius 1 is 1.19 bits per heavy atom. The number of halogens is 1. The Labute approximate surface area is 213 Å². The lowest BCUT2D eigenvalue weighted by Gasteiger charge is -2.23. The fraction of sp³-hybridized carbons (Fsp3) is 0.308. The lowest BCUT2D eigenvalue weighted by molar-refractivity contribution is -0.116. The molecule has 1 fully saturated rings. The van der Waals surface area contributed by atoms with Crippen LogP contribution in [0.3, 0.4) is 0 Å². The summed E-state index contributed by atoms with van der Waals surface area (Å²) in [6.45, 7) is 2.35. The molecule has 0 aliphatic carbocycles. The molecule has 1 saturated heterocycles. The molecule has 5 rings (SSSR count). The molecule has 4 aromatic rings. The summed E-state index contributed by atoms with van der Waals surface area (Å²) in [5.74, 6) is 0.588. The van der Waals surface area contributed by atoms with E-state index in [1.807, 2.05) is 18.2 Å². The number of anilines is 3. The molecule has 2 aromatic heterocycles. The van der Waals surface area contributed by atoms with Gasteiger partial charge in [-0.15, -0.1) is 0 Å². The quantitative estimate of drug-likeness (QED) is 0.301. The third kappa shape index (κ3) is 6.19. The number of fused-ring (bicyclic) bond motifs is 1. The third-order valence-corrected chi connectivity index (χ3v) is 6.25. The molecule has 192 valence electrons. The van der Waals surface area contributed by atoms with E-state index in [1.165, 1.54) is 29.2 Å². The first-order chi connectivity index (χ1) is 18.1. The van der Waals surface area contributed by atoms with Gasteiger partial charge in [-0.1, -0.05) is 6.07 Å². The third-order valence-electron chi connectivity index (χ3n) is 6.25. The molecular formula is C26H28FN7O3. The van der Waals surface area contributed by atoms with Gasteiger partial charge in [-0.2, -0.15) is 5.10 Å². The fourth-order valence-electron chi connectivity index (χ4n) is 4.49. The number of rotatable bonds is 10. The molecule has 1 aliphatic rings. The highest BCUT2D eigenvalue weighted by Crippen LogP contribution is 2.27. The lowest BCUT2D eigenvalue weighted by atomic mass is 10.2. The number of carbonyl (C=O) groups is 1. The summed E-state index contributed by atoms with van der Waals surface area (Å²) in [6, 6.07) is 11.7. The van der Waals surface area contributed by atoms with Crippen molar-refractivity contribution < 1.29 is 19.0 Å². The number of nitrogens with zero attached hydrogens (tertiary/aromatic N) is 5. The van der Waals surface area contributed by atoms with E-state index in [-0.39, 0.29) is 19.1 Å². The molecule has 3 heterocycles. The number of carbonyl (C=O) groups excluding carboxylic acids is 1. The lowest BCUT2D eigenvalue weighted by Crippen LogP contribution is -2.36. The highest BCUT2D eigenvalue weighted by molar-refractivity contribution is 5.92. The van der Waals surface area contributed by atoms with Crippen LogP contribution in [0.25, 0.3) is 10.9 Å². The van der Waals surface area contributed by atoms with E-state index in [2.05, 4.69) is 30.6 Å². The van der Waals surface area contributed by atoms with Crippen molar-refractivity contribution in [3.63, 3.8) is 0 Å². The van der Waals surface area contributed by atoms with E-state index in [4.69, 9.17) is 4.74 Å². The summed E-state index contributed by atoms with van der Waals surface area (Å²) in [4.78, 5) is 23.3. The molecule has 1 amide bonds. The summed E-state index contributed by atoms with van der Waals surface area (Å²) >= 11 is 0. The zero-order valence-electron chi connectivity index (χ0n) is 20.2. The van der Waals surface area contributed by atoms with Gasteiger partial charge in [-0.05, 0) is 49.7 Å². The first-order valence-corrected chi connectivity index (χ1v) is 12.1. The fourth-order valence-corrected chi connectivity index (χ4v) is 4.49. The van der Waals surface area contributed by atoms with E-state index in [0.29, 0.717) is 36.4 Å². The molecule has 1 aliphatic heterocycles. The van der Waals surface area contributed by atoms with Crippen molar-refractivity contribution in [2.75, 3.05) is 36.9 Å². The van der Waals surface area contributed by atoms with E-state index in [9.17, 15) is 14.3 Å². The van der Waals surface area contributed by atoms with Gasteiger partial charge in [0, 0.05) is 35.9 Å². The van der Waals surface area contributed by atoms with E-state index in [0.717, 1.165) is 36.0 Å². The minimum atomic E-state index is -0.419. The second-order valence-corrected chi connectivity index (χ2v) is 8.88.